The molecule has 4 rings (SSSR count). The first-order chi connectivity index (χ1) is 14.1. The van der Waals surface area contributed by atoms with Gasteiger partial charge in [0.15, 0.2) is 11.6 Å². The lowest BCUT2D eigenvalue weighted by molar-refractivity contribution is 0.102. The molecule has 3 heterocycles. The first-order valence-electron chi connectivity index (χ1n) is 9.16. The Bertz CT molecular complexity index is 1080. The molecule has 1 atom stereocenters. The van der Waals surface area contributed by atoms with Gasteiger partial charge >= 0.3 is 0 Å². The Labute approximate surface area is 166 Å². The van der Waals surface area contributed by atoms with Gasteiger partial charge in [0, 0.05) is 25.4 Å². The van der Waals surface area contributed by atoms with E-state index >= 15 is 0 Å². The van der Waals surface area contributed by atoms with Crippen LogP contribution in [0.3, 0.4) is 0 Å². The number of rotatable bonds is 7. The summed E-state index contributed by atoms with van der Waals surface area (Å²) in [5, 5.41) is 13.0. The minimum atomic E-state index is -0.295. The van der Waals surface area contributed by atoms with Crippen molar-refractivity contribution in [3.63, 3.8) is 0 Å². The Hall–Kier alpha value is -3.72. The summed E-state index contributed by atoms with van der Waals surface area (Å²) in [5.41, 5.74) is 2.91. The van der Waals surface area contributed by atoms with Gasteiger partial charge in [-0.15, -0.1) is 0 Å². The predicted octanol–water partition coefficient (Wildman–Crippen LogP) is 3.05. The molecule has 9 heteroatoms. The van der Waals surface area contributed by atoms with Gasteiger partial charge in [-0.25, -0.2) is 9.97 Å². The topological polar surface area (TPSA) is 121 Å². The van der Waals surface area contributed by atoms with Crippen molar-refractivity contribution in [2.24, 2.45) is 0 Å². The number of carbonyl (C=O) groups is 1. The van der Waals surface area contributed by atoms with Crippen molar-refractivity contribution in [1.29, 1.82) is 0 Å². The molecule has 0 saturated carbocycles. The van der Waals surface area contributed by atoms with Crippen molar-refractivity contribution >= 4 is 28.6 Å². The van der Waals surface area contributed by atoms with E-state index in [0.29, 0.717) is 35.3 Å². The van der Waals surface area contributed by atoms with Gasteiger partial charge in [-0.3, -0.25) is 9.89 Å². The van der Waals surface area contributed by atoms with E-state index in [0.717, 1.165) is 11.0 Å². The molecule has 0 fully saturated rings. The highest BCUT2D eigenvalue weighted by Gasteiger charge is 2.12. The van der Waals surface area contributed by atoms with Gasteiger partial charge in [-0.1, -0.05) is 12.1 Å². The van der Waals surface area contributed by atoms with E-state index in [4.69, 9.17) is 4.74 Å². The zero-order valence-corrected chi connectivity index (χ0v) is 16.1. The van der Waals surface area contributed by atoms with Gasteiger partial charge in [0.1, 0.15) is 11.5 Å². The first kappa shape index (κ1) is 18.6. The fraction of sp³-hybridized carbons (Fsp3) is 0.200. The molecule has 0 spiro atoms. The van der Waals surface area contributed by atoms with Crippen LogP contribution >= 0.6 is 0 Å². The number of aromatic amines is 2. The molecule has 0 aliphatic rings. The van der Waals surface area contributed by atoms with Crippen molar-refractivity contribution < 1.29 is 9.53 Å². The van der Waals surface area contributed by atoms with Gasteiger partial charge in [-0.05, 0) is 31.2 Å². The van der Waals surface area contributed by atoms with Gasteiger partial charge in [0.25, 0.3) is 5.91 Å². The quantitative estimate of drug-likeness (QED) is 0.384. The van der Waals surface area contributed by atoms with Gasteiger partial charge < -0.3 is 20.4 Å². The van der Waals surface area contributed by atoms with Crippen LogP contribution in [0.5, 0.6) is 0 Å². The molecule has 0 aliphatic carbocycles. The molecular formula is C20H21N7O2. The predicted molar refractivity (Wildman–Crippen MR) is 111 cm³/mol. The van der Waals surface area contributed by atoms with E-state index in [1.807, 2.05) is 31.2 Å². The number of pyridine rings is 1. The average Bonchev–Trinajstić information content (AvgIpc) is 3.35. The summed E-state index contributed by atoms with van der Waals surface area (Å²) in [6.45, 7) is 2.56. The maximum absolute atomic E-state index is 12.5. The molecular weight excluding hydrogens is 370 g/mol. The Balaban J connectivity index is 1.42. The number of imidazole rings is 1. The number of nitrogens with zero attached hydrogens (tertiary/aromatic N) is 3. The summed E-state index contributed by atoms with van der Waals surface area (Å²) in [6, 6.07) is 13.1. The summed E-state index contributed by atoms with van der Waals surface area (Å²) in [6.07, 6.45) is 1.52. The number of nitrogens with one attached hydrogen (secondary N) is 4. The van der Waals surface area contributed by atoms with Crippen LogP contribution in [-0.2, 0) is 4.74 Å². The van der Waals surface area contributed by atoms with Crippen LogP contribution in [0.2, 0.25) is 0 Å². The van der Waals surface area contributed by atoms with Crippen LogP contribution in [0.1, 0.15) is 17.3 Å². The number of H-pyrrole nitrogens is 2. The van der Waals surface area contributed by atoms with E-state index in [-0.39, 0.29) is 11.9 Å². The number of hydrogen-bond acceptors (Lipinski definition) is 6. The van der Waals surface area contributed by atoms with E-state index in [9.17, 15) is 4.79 Å². The van der Waals surface area contributed by atoms with Crippen LogP contribution in [0.25, 0.3) is 22.6 Å². The van der Waals surface area contributed by atoms with Crippen molar-refractivity contribution in [1.82, 2.24) is 25.1 Å². The normalized spacial score (nSPS) is 12.1. The Kier molecular flexibility index (Phi) is 5.21. The number of carbonyl (C=O) groups excluding carboxylic acids is 1. The fourth-order valence-electron chi connectivity index (χ4n) is 2.93. The molecule has 0 radical (unpaired) electrons. The van der Waals surface area contributed by atoms with E-state index in [1.54, 1.807) is 25.3 Å². The minimum Gasteiger partial charge on any atom is -0.383 e. The van der Waals surface area contributed by atoms with Crippen LogP contribution in [0, 0.1) is 0 Å². The number of para-hydroxylation sites is 2. The van der Waals surface area contributed by atoms with E-state index in [2.05, 4.69) is 35.8 Å². The van der Waals surface area contributed by atoms with Crippen LogP contribution in [0.15, 0.2) is 48.7 Å². The Morgan fingerprint density at radius 1 is 1.21 bits per heavy atom. The molecule has 0 bridgehead atoms. The van der Waals surface area contributed by atoms with Crippen molar-refractivity contribution in [3.05, 3.63) is 54.2 Å². The maximum atomic E-state index is 12.5. The summed E-state index contributed by atoms with van der Waals surface area (Å²) in [7, 11) is 1.65. The second-order valence-corrected chi connectivity index (χ2v) is 6.66. The van der Waals surface area contributed by atoms with Crippen molar-refractivity contribution in [3.8, 4) is 11.5 Å². The van der Waals surface area contributed by atoms with Crippen LogP contribution in [0.4, 0.5) is 11.6 Å². The molecule has 0 saturated heterocycles. The molecule has 0 aliphatic heterocycles. The van der Waals surface area contributed by atoms with Crippen LogP contribution < -0.4 is 10.6 Å². The molecule has 9 nitrogen and oxygen atoms in total. The lowest BCUT2D eigenvalue weighted by Gasteiger charge is -2.13. The number of amides is 1. The highest BCUT2D eigenvalue weighted by atomic mass is 16.5. The fourth-order valence-corrected chi connectivity index (χ4v) is 2.93. The van der Waals surface area contributed by atoms with E-state index in [1.165, 1.54) is 6.20 Å². The molecule has 1 aromatic carbocycles. The molecule has 148 valence electrons. The number of anilines is 2. The summed E-state index contributed by atoms with van der Waals surface area (Å²) >= 11 is 0. The van der Waals surface area contributed by atoms with Gasteiger partial charge in [0.2, 0.25) is 0 Å². The molecule has 29 heavy (non-hydrogen) atoms. The molecule has 1 amide bonds. The standard InChI is InChI=1S/C20H21N7O2/c1-12(11-29-2)22-17-8-7-13(10-21-17)20(28)25-18-9-16(26-27-18)19-23-14-5-3-4-6-15(14)24-19/h3-10,12H,11H2,1-2H3,(H,21,22)(H,23,24)(H2,25,26,27,28). The molecule has 3 aromatic heterocycles. The third-order valence-corrected chi connectivity index (χ3v) is 4.30. The monoisotopic (exact) mass is 391 g/mol. The number of methoxy groups -OCH3 is 1. The summed E-state index contributed by atoms with van der Waals surface area (Å²) in [4.78, 5) is 24.5. The highest BCUT2D eigenvalue weighted by Crippen LogP contribution is 2.21. The number of fused-ring (bicyclic) bond motifs is 1. The largest absolute Gasteiger partial charge is 0.383 e. The second-order valence-electron chi connectivity index (χ2n) is 6.66. The number of aromatic nitrogens is 5. The molecule has 4 N–H and O–H groups in total. The lowest BCUT2D eigenvalue weighted by Crippen LogP contribution is -2.21. The Morgan fingerprint density at radius 3 is 2.83 bits per heavy atom. The summed E-state index contributed by atoms with van der Waals surface area (Å²) < 4.78 is 5.08. The minimum absolute atomic E-state index is 0.118. The zero-order valence-electron chi connectivity index (χ0n) is 16.1. The first-order valence-corrected chi connectivity index (χ1v) is 9.16. The van der Waals surface area contributed by atoms with Crippen molar-refractivity contribution in [2.75, 3.05) is 24.4 Å². The third kappa shape index (κ3) is 4.25. The zero-order chi connectivity index (χ0) is 20.2. The highest BCUT2D eigenvalue weighted by molar-refractivity contribution is 6.03. The number of ether oxygens (including phenoxy) is 1. The van der Waals surface area contributed by atoms with Crippen LogP contribution in [-0.4, -0.2) is 50.8 Å². The van der Waals surface area contributed by atoms with E-state index < -0.39 is 0 Å². The lowest BCUT2D eigenvalue weighted by atomic mass is 10.2. The summed E-state index contributed by atoms with van der Waals surface area (Å²) in [5.74, 6) is 1.44. The number of hydrogen-bond donors (Lipinski definition) is 4. The third-order valence-electron chi connectivity index (χ3n) is 4.30. The Morgan fingerprint density at radius 2 is 2.07 bits per heavy atom. The second kappa shape index (κ2) is 8.11. The average molecular weight is 391 g/mol. The van der Waals surface area contributed by atoms with Gasteiger partial charge in [-0.2, -0.15) is 5.10 Å². The maximum Gasteiger partial charge on any atom is 0.258 e. The molecule has 1 unspecified atom stereocenters. The van der Waals surface area contributed by atoms with Crippen molar-refractivity contribution in [2.45, 2.75) is 13.0 Å². The van der Waals surface area contributed by atoms with Gasteiger partial charge in [0.05, 0.1) is 23.2 Å². The SMILES string of the molecule is COCC(C)Nc1ccc(C(=O)Nc2cc(-c3nc4ccccc4[nH]3)[nH]n2)cn1. The smallest absolute Gasteiger partial charge is 0.258 e. The molecule has 4 aromatic rings. The number of benzene rings is 1.